The molecule has 0 atom stereocenters. The second kappa shape index (κ2) is 8.13. The van der Waals surface area contributed by atoms with Crippen LogP contribution in [0.15, 0.2) is 24.3 Å². The average molecular weight is 264 g/mol. The number of urea groups is 1. The summed E-state index contributed by atoms with van der Waals surface area (Å²) in [5.74, 6) is -0.424. The summed E-state index contributed by atoms with van der Waals surface area (Å²) in [5.41, 5.74) is 0.974. The second-order valence-corrected chi connectivity index (χ2v) is 4.16. The molecule has 2 N–H and O–H groups in total. The number of esters is 1. The molecule has 0 saturated heterocycles. The number of anilines is 1. The van der Waals surface area contributed by atoms with Gasteiger partial charge in [0, 0.05) is 12.2 Å². The first-order valence-electron chi connectivity index (χ1n) is 6.40. The van der Waals surface area contributed by atoms with Crippen molar-refractivity contribution >= 4 is 17.7 Å². The maximum absolute atomic E-state index is 11.6. The van der Waals surface area contributed by atoms with E-state index >= 15 is 0 Å². The SMILES string of the molecule is CCCCCNC(=O)Nc1cccc(C(=O)OC)c1. The van der Waals surface area contributed by atoms with Gasteiger partial charge in [0.05, 0.1) is 12.7 Å². The van der Waals surface area contributed by atoms with Crippen molar-refractivity contribution in [3.63, 3.8) is 0 Å². The fourth-order valence-electron chi connectivity index (χ4n) is 1.59. The van der Waals surface area contributed by atoms with Crippen LogP contribution < -0.4 is 10.6 Å². The number of carbonyl (C=O) groups is 2. The highest BCUT2D eigenvalue weighted by molar-refractivity contribution is 5.93. The molecule has 0 spiro atoms. The monoisotopic (exact) mass is 264 g/mol. The maximum Gasteiger partial charge on any atom is 0.337 e. The molecular weight excluding hydrogens is 244 g/mol. The van der Waals surface area contributed by atoms with Crippen LogP contribution in [-0.4, -0.2) is 25.7 Å². The third-order valence-electron chi connectivity index (χ3n) is 2.61. The predicted octanol–water partition coefficient (Wildman–Crippen LogP) is 2.78. The van der Waals surface area contributed by atoms with Crippen LogP contribution in [0.3, 0.4) is 0 Å². The molecular formula is C14H20N2O3. The molecule has 1 rings (SSSR count). The fraction of sp³-hybridized carbons (Fsp3) is 0.429. The van der Waals surface area contributed by atoms with E-state index < -0.39 is 5.97 Å². The Kier molecular flexibility index (Phi) is 6.43. The van der Waals surface area contributed by atoms with Crippen molar-refractivity contribution in [3.8, 4) is 0 Å². The number of benzene rings is 1. The zero-order valence-electron chi connectivity index (χ0n) is 11.4. The largest absolute Gasteiger partial charge is 0.465 e. The molecule has 5 heteroatoms. The number of methoxy groups -OCH3 is 1. The lowest BCUT2D eigenvalue weighted by Gasteiger charge is -2.08. The Hall–Kier alpha value is -2.04. The van der Waals surface area contributed by atoms with Crippen LogP contribution >= 0.6 is 0 Å². The van der Waals surface area contributed by atoms with E-state index in [4.69, 9.17) is 0 Å². The zero-order valence-corrected chi connectivity index (χ0v) is 11.4. The van der Waals surface area contributed by atoms with Gasteiger partial charge in [0.2, 0.25) is 0 Å². The summed E-state index contributed by atoms with van der Waals surface area (Å²) in [6.07, 6.45) is 3.18. The lowest BCUT2D eigenvalue weighted by atomic mass is 10.2. The number of hydrogen-bond acceptors (Lipinski definition) is 3. The number of nitrogens with one attached hydrogen (secondary N) is 2. The van der Waals surface area contributed by atoms with Crippen molar-refractivity contribution in [1.29, 1.82) is 0 Å². The van der Waals surface area contributed by atoms with Crippen molar-refractivity contribution in [1.82, 2.24) is 5.32 Å². The highest BCUT2D eigenvalue weighted by Crippen LogP contribution is 2.11. The minimum absolute atomic E-state index is 0.266. The van der Waals surface area contributed by atoms with Gasteiger partial charge in [0.25, 0.3) is 0 Å². The molecule has 0 saturated carbocycles. The van der Waals surface area contributed by atoms with E-state index in [-0.39, 0.29) is 6.03 Å². The van der Waals surface area contributed by atoms with Gasteiger partial charge in [-0.05, 0) is 24.6 Å². The third kappa shape index (κ3) is 5.42. The van der Waals surface area contributed by atoms with Gasteiger partial charge in [0.1, 0.15) is 0 Å². The van der Waals surface area contributed by atoms with E-state index in [0.29, 0.717) is 17.8 Å². The first-order valence-corrected chi connectivity index (χ1v) is 6.40. The summed E-state index contributed by atoms with van der Waals surface area (Å²) in [6.45, 7) is 2.76. The molecule has 1 aromatic carbocycles. The van der Waals surface area contributed by atoms with Crippen LogP contribution in [0.2, 0.25) is 0 Å². The van der Waals surface area contributed by atoms with Gasteiger partial charge >= 0.3 is 12.0 Å². The fourth-order valence-corrected chi connectivity index (χ4v) is 1.59. The van der Waals surface area contributed by atoms with Crippen LogP contribution in [0.5, 0.6) is 0 Å². The summed E-state index contributed by atoms with van der Waals surface area (Å²) in [4.78, 5) is 22.9. The Bertz CT molecular complexity index is 432. The molecule has 0 bridgehead atoms. The number of rotatable bonds is 6. The summed E-state index contributed by atoms with van der Waals surface area (Å²) < 4.78 is 4.62. The molecule has 0 aromatic heterocycles. The molecule has 19 heavy (non-hydrogen) atoms. The molecule has 0 heterocycles. The third-order valence-corrected chi connectivity index (χ3v) is 2.61. The number of ether oxygens (including phenoxy) is 1. The number of carbonyl (C=O) groups excluding carboxylic acids is 2. The van der Waals surface area contributed by atoms with E-state index in [1.54, 1.807) is 24.3 Å². The van der Waals surface area contributed by atoms with Gasteiger partial charge in [0.15, 0.2) is 0 Å². The smallest absolute Gasteiger partial charge is 0.337 e. The van der Waals surface area contributed by atoms with Crippen molar-refractivity contribution in [2.45, 2.75) is 26.2 Å². The summed E-state index contributed by atoms with van der Waals surface area (Å²) in [7, 11) is 1.32. The van der Waals surface area contributed by atoms with Crippen molar-refractivity contribution < 1.29 is 14.3 Å². The highest BCUT2D eigenvalue weighted by Gasteiger charge is 2.07. The van der Waals surface area contributed by atoms with Crippen LogP contribution in [0.1, 0.15) is 36.5 Å². The molecule has 0 aliphatic carbocycles. The Labute approximate surface area is 113 Å². The standard InChI is InChI=1S/C14H20N2O3/c1-3-4-5-9-15-14(18)16-12-8-6-7-11(10-12)13(17)19-2/h6-8,10H,3-5,9H2,1-2H3,(H2,15,16,18). The lowest BCUT2D eigenvalue weighted by Crippen LogP contribution is -2.29. The highest BCUT2D eigenvalue weighted by atomic mass is 16.5. The van der Waals surface area contributed by atoms with Gasteiger partial charge in [-0.3, -0.25) is 0 Å². The van der Waals surface area contributed by atoms with Gasteiger partial charge in [-0.1, -0.05) is 25.8 Å². The quantitative estimate of drug-likeness (QED) is 0.613. The first kappa shape index (κ1) is 15.0. The van der Waals surface area contributed by atoms with Crippen LogP contribution in [0.4, 0.5) is 10.5 Å². The minimum atomic E-state index is -0.424. The van der Waals surface area contributed by atoms with E-state index in [1.165, 1.54) is 7.11 Å². The van der Waals surface area contributed by atoms with Crippen molar-refractivity contribution in [2.75, 3.05) is 19.0 Å². The molecule has 1 aromatic rings. The molecule has 0 fully saturated rings. The molecule has 0 unspecified atom stereocenters. The Morgan fingerprint density at radius 3 is 2.74 bits per heavy atom. The molecule has 0 radical (unpaired) electrons. The average Bonchev–Trinajstić information content (AvgIpc) is 2.43. The van der Waals surface area contributed by atoms with Crippen molar-refractivity contribution in [2.24, 2.45) is 0 Å². The summed E-state index contributed by atoms with van der Waals surface area (Å²) in [5, 5.41) is 5.44. The topological polar surface area (TPSA) is 67.4 Å². The molecule has 0 aliphatic heterocycles. The number of amides is 2. The van der Waals surface area contributed by atoms with Crippen molar-refractivity contribution in [3.05, 3.63) is 29.8 Å². The van der Waals surface area contributed by atoms with Gasteiger partial charge < -0.3 is 15.4 Å². The molecule has 5 nitrogen and oxygen atoms in total. The van der Waals surface area contributed by atoms with E-state index in [1.807, 2.05) is 0 Å². The van der Waals surface area contributed by atoms with E-state index in [0.717, 1.165) is 19.3 Å². The zero-order chi connectivity index (χ0) is 14.1. The Balaban J connectivity index is 2.48. The second-order valence-electron chi connectivity index (χ2n) is 4.16. The molecule has 104 valence electrons. The minimum Gasteiger partial charge on any atom is -0.465 e. The Morgan fingerprint density at radius 2 is 2.05 bits per heavy atom. The Morgan fingerprint density at radius 1 is 1.26 bits per heavy atom. The molecule has 0 aliphatic rings. The van der Waals surface area contributed by atoms with Crippen LogP contribution in [0, 0.1) is 0 Å². The van der Waals surface area contributed by atoms with E-state index in [2.05, 4.69) is 22.3 Å². The summed E-state index contributed by atoms with van der Waals surface area (Å²) in [6, 6.07) is 6.36. The van der Waals surface area contributed by atoms with Crippen LogP contribution in [0.25, 0.3) is 0 Å². The first-order chi connectivity index (χ1) is 9.17. The normalized spacial score (nSPS) is 9.79. The van der Waals surface area contributed by atoms with E-state index in [9.17, 15) is 9.59 Å². The lowest BCUT2D eigenvalue weighted by molar-refractivity contribution is 0.0600. The van der Waals surface area contributed by atoms with Gasteiger partial charge in [-0.15, -0.1) is 0 Å². The number of hydrogen-bond donors (Lipinski definition) is 2. The summed E-state index contributed by atoms with van der Waals surface area (Å²) >= 11 is 0. The van der Waals surface area contributed by atoms with Crippen LogP contribution in [-0.2, 0) is 4.74 Å². The maximum atomic E-state index is 11.6. The van der Waals surface area contributed by atoms with Gasteiger partial charge in [-0.25, -0.2) is 9.59 Å². The van der Waals surface area contributed by atoms with Gasteiger partial charge in [-0.2, -0.15) is 0 Å². The predicted molar refractivity (Wildman–Crippen MR) is 74.3 cm³/mol. The molecule has 2 amide bonds. The number of unbranched alkanes of at least 4 members (excludes halogenated alkanes) is 2.